The summed E-state index contributed by atoms with van der Waals surface area (Å²) in [4.78, 5) is 0. The van der Waals surface area contributed by atoms with Gasteiger partial charge >= 0.3 is 12.4 Å². The van der Waals surface area contributed by atoms with Crippen LogP contribution in [0.5, 0.6) is 0 Å². The van der Waals surface area contributed by atoms with Gasteiger partial charge in [-0.25, -0.2) is 0 Å². The van der Waals surface area contributed by atoms with Gasteiger partial charge in [0.25, 0.3) is 0 Å². The minimum atomic E-state index is -4.40. The lowest BCUT2D eigenvalue weighted by Gasteiger charge is -2.26. The van der Waals surface area contributed by atoms with Crippen molar-refractivity contribution in [1.82, 2.24) is 0 Å². The topological polar surface area (TPSA) is 0 Å². The molecule has 0 nitrogen and oxygen atoms in total. The maximum Gasteiger partial charge on any atom is 0.416 e. The van der Waals surface area contributed by atoms with E-state index in [1.165, 1.54) is 24.3 Å². The van der Waals surface area contributed by atoms with Crippen LogP contribution in [-0.4, -0.2) is 0 Å². The number of hydrogen-bond donors (Lipinski definition) is 0. The van der Waals surface area contributed by atoms with Crippen molar-refractivity contribution in [3.8, 4) is 33.4 Å². The first-order valence-corrected chi connectivity index (χ1v) is 13.5. The maximum atomic E-state index is 13.2. The SMILES string of the molecule is CC(C)(C)c1cc2c(cc1-c1ccc(C(F)(F)F)cc1)Cc1cc(-c3ccc(C(F)(F)F)cc3)c(C(C)(C)C)cc1-2. The van der Waals surface area contributed by atoms with Crippen LogP contribution in [0.2, 0.25) is 0 Å². The van der Waals surface area contributed by atoms with Gasteiger partial charge in [-0.1, -0.05) is 65.8 Å². The van der Waals surface area contributed by atoms with E-state index in [0.717, 1.165) is 79.9 Å². The average molecular weight is 567 g/mol. The number of hydrogen-bond acceptors (Lipinski definition) is 0. The molecule has 6 heteroatoms. The summed E-state index contributed by atoms with van der Waals surface area (Å²) in [6.45, 7) is 12.5. The molecule has 0 aliphatic heterocycles. The van der Waals surface area contributed by atoms with E-state index in [4.69, 9.17) is 0 Å². The highest BCUT2D eigenvalue weighted by Gasteiger charge is 2.33. The lowest BCUT2D eigenvalue weighted by molar-refractivity contribution is -0.138. The van der Waals surface area contributed by atoms with Gasteiger partial charge in [0.05, 0.1) is 11.1 Å². The average Bonchev–Trinajstić information content (AvgIpc) is 3.22. The molecule has 0 fully saturated rings. The van der Waals surface area contributed by atoms with E-state index >= 15 is 0 Å². The van der Waals surface area contributed by atoms with Crippen LogP contribution in [0.15, 0.2) is 72.8 Å². The second-order valence-corrected chi connectivity index (χ2v) is 12.9. The van der Waals surface area contributed by atoms with Crippen LogP contribution >= 0.6 is 0 Å². The first kappa shape index (κ1) is 29.0. The zero-order valence-corrected chi connectivity index (χ0v) is 23.9. The van der Waals surface area contributed by atoms with Crippen LogP contribution in [0.3, 0.4) is 0 Å². The number of halogens is 6. The monoisotopic (exact) mass is 566 g/mol. The Kier molecular flexibility index (Phi) is 6.71. The van der Waals surface area contributed by atoms with E-state index < -0.39 is 23.5 Å². The molecule has 0 heterocycles. The third kappa shape index (κ3) is 5.53. The van der Waals surface area contributed by atoms with Gasteiger partial charge in [-0.2, -0.15) is 26.3 Å². The normalized spacial score (nSPS) is 13.8. The molecule has 0 radical (unpaired) electrons. The van der Waals surface area contributed by atoms with E-state index in [1.807, 2.05) is 0 Å². The summed E-state index contributed by atoms with van der Waals surface area (Å²) < 4.78 is 79.3. The van der Waals surface area contributed by atoms with E-state index in [2.05, 4.69) is 65.8 Å². The summed E-state index contributed by atoms with van der Waals surface area (Å²) >= 11 is 0. The molecular formula is C35H32F6. The number of alkyl halides is 6. The van der Waals surface area contributed by atoms with Gasteiger partial charge in [-0.3, -0.25) is 0 Å². The van der Waals surface area contributed by atoms with Crippen LogP contribution < -0.4 is 0 Å². The van der Waals surface area contributed by atoms with Crippen molar-refractivity contribution in [2.24, 2.45) is 0 Å². The summed E-state index contributed by atoms with van der Waals surface area (Å²) in [5.41, 5.74) is 7.73. The molecule has 0 saturated carbocycles. The second-order valence-electron chi connectivity index (χ2n) is 12.9. The molecule has 0 atom stereocenters. The van der Waals surface area contributed by atoms with Crippen molar-refractivity contribution in [2.75, 3.05) is 0 Å². The first-order valence-electron chi connectivity index (χ1n) is 13.5. The fourth-order valence-corrected chi connectivity index (χ4v) is 5.68. The Bertz CT molecular complexity index is 1480. The number of fused-ring (bicyclic) bond motifs is 3. The Hall–Kier alpha value is -3.54. The van der Waals surface area contributed by atoms with E-state index in [-0.39, 0.29) is 10.8 Å². The molecule has 5 rings (SSSR count). The van der Waals surface area contributed by atoms with Gasteiger partial charge in [0.1, 0.15) is 0 Å². The third-order valence-corrected chi connectivity index (χ3v) is 7.82. The highest BCUT2D eigenvalue weighted by Crippen LogP contribution is 2.47. The predicted molar refractivity (Wildman–Crippen MR) is 153 cm³/mol. The third-order valence-electron chi connectivity index (χ3n) is 7.82. The highest BCUT2D eigenvalue weighted by molar-refractivity contribution is 5.86. The Balaban J connectivity index is 1.65. The molecule has 0 spiro atoms. The van der Waals surface area contributed by atoms with Gasteiger partial charge in [-0.05, 0) is 121 Å². The van der Waals surface area contributed by atoms with Crippen LogP contribution in [0.25, 0.3) is 33.4 Å². The molecule has 0 amide bonds. The number of benzene rings is 4. The summed E-state index contributed by atoms with van der Waals surface area (Å²) in [6, 6.07) is 19.1. The smallest absolute Gasteiger partial charge is 0.166 e. The van der Waals surface area contributed by atoms with Crippen molar-refractivity contribution in [2.45, 2.75) is 71.1 Å². The standard InChI is InChI=1S/C35H32F6/c1-32(2,3)30-18-26-22(16-28(30)20-7-11-24(12-8-20)34(36,37)38)15-23-17-29(31(19-27(23)26)33(4,5)6)21-9-13-25(14-10-21)35(39,40)41/h7-14,16-19H,15H2,1-6H3. The minimum absolute atomic E-state index is 0.275. The predicted octanol–water partition coefficient (Wildman–Crippen LogP) is 11.2. The van der Waals surface area contributed by atoms with E-state index in [1.54, 1.807) is 0 Å². The first-order chi connectivity index (χ1) is 18.8. The van der Waals surface area contributed by atoms with Crippen LogP contribution in [-0.2, 0) is 29.6 Å². The fourth-order valence-electron chi connectivity index (χ4n) is 5.68. The van der Waals surface area contributed by atoms with E-state index in [0.29, 0.717) is 6.42 Å². The molecule has 214 valence electrons. The van der Waals surface area contributed by atoms with Crippen LogP contribution in [0, 0.1) is 0 Å². The molecule has 0 aromatic heterocycles. The maximum absolute atomic E-state index is 13.2. The van der Waals surface area contributed by atoms with Crippen molar-refractivity contribution >= 4 is 0 Å². The Morgan fingerprint density at radius 3 is 1.02 bits per heavy atom. The minimum Gasteiger partial charge on any atom is -0.166 e. The second kappa shape index (κ2) is 9.50. The molecule has 41 heavy (non-hydrogen) atoms. The van der Waals surface area contributed by atoms with Gasteiger partial charge < -0.3 is 0 Å². The van der Waals surface area contributed by atoms with Crippen molar-refractivity contribution in [1.29, 1.82) is 0 Å². The quantitative estimate of drug-likeness (QED) is 0.187. The molecule has 0 saturated heterocycles. The van der Waals surface area contributed by atoms with Gasteiger partial charge in [-0.15, -0.1) is 0 Å². The summed E-state index contributed by atoms with van der Waals surface area (Å²) in [5.74, 6) is 0. The van der Waals surface area contributed by atoms with Gasteiger partial charge in [0.2, 0.25) is 0 Å². The summed E-state index contributed by atoms with van der Waals surface area (Å²) in [5, 5.41) is 0. The lowest BCUT2D eigenvalue weighted by Crippen LogP contribution is -2.14. The summed E-state index contributed by atoms with van der Waals surface area (Å²) in [6.07, 6.45) is -8.18. The Morgan fingerprint density at radius 2 is 0.756 bits per heavy atom. The van der Waals surface area contributed by atoms with Crippen molar-refractivity contribution in [3.63, 3.8) is 0 Å². The highest BCUT2D eigenvalue weighted by atomic mass is 19.4. The molecular weight excluding hydrogens is 534 g/mol. The number of rotatable bonds is 2. The molecule has 4 aromatic carbocycles. The van der Waals surface area contributed by atoms with Crippen molar-refractivity contribution in [3.05, 3.63) is 106 Å². The lowest BCUT2D eigenvalue weighted by atomic mass is 9.78. The van der Waals surface area contributed by atoms with Gasteiger partial charge in [0, 0.05) is 0 Å². The fraction of sp³-hybridized carbons (Fsp3) is 0.314. The molecule has 1 aliphatic carbocycles. The molecule has 0 bridgehead atoms. The summed E-state index contributed by atoms with van der Waals surface area (Å²) in [7, 11) is 0. The van der Waals surface area contributed by atoms with E-state index in [9.17, 15) is 26.3 Å². The van der Waals surface area contributed by atoms with Crippen molar-refractivity contribution < 1.29 is 26.3 Å². The molecule has 1 aliphatic rings. The molecule has 0 unspecified atom stereocenters. The van der Waals surface area contributed by atoms with Gasteiger partial charge in [0.15, 0.2) is 0 Å². The molecule has 4 aromatic rings. The Labute approximate surface area is 237 Å². The largest absolute Gasteiger partial charge is 0.416 e. The van der Waals surface area contributed by atoms with Crippen LogP contribution in [0.1, 0.15) is 74.9 Å². The Morgan fingerprint density at radius 1 is 0.439 bits per heavy atom. The zero-order valence-electron chi connectivity index (χ0n) is 23.9. The zero-order chi connectivity index (χ0) is 30.1. The van der Waals surface area contributed by atoms with Crippen LogP contribution in [0.4, 0.5) is 26.3 Å². The molecule has 0 N–H and O–H groups in total.